The van der Waals surface area contributed by atoms with E-state index in [9.17, 15) is 19.5 Å². The van der Waals surface area contributed by atoms with Crippen LogP contribution in [0.1, 0.15) is 26.2 Å². The summed E-state index contributed by atoms with van der Waals surface area (Å²) in [6, 6.07) is -0.361. The number of ether oxygens (including phenoxy) is 1. The van der Waals surface area contributed by atoms with E-state index in [1.165, 1.54) is 7.11 Å². The quantitative estimate of drug-likeness (QED) is 0.631. The van der Waals surface area contributed by atoms with Gasteiger partial charge in [-0.15, -0.1) is 0 Å². The van der Waals surface area contributed by atoms with Gasteiger partial charge in [0.05, 0.1) is 26.2 Å². The lowest BCUT2D eigenvalue weighted by Gasteiger charge is -2.40. The third kappa shape index (κ3) is 3.30. The lowest BCUT2D eigenvalue weighted by molar-refractivity contribution is -0.149. The zero-order chi connectivity index (χ0) is 16.3. The number of Topliss-reactive ketones (excluding diaryl/α,β-unsaturated/α-hetero) is 1. The van der Waals surface area contributed by atoms with Crippen molar-refractivity contribution in [3.8, 4) is 0 Å². The Morgan fingerprint density at radius 1 is 1.36 bits per heavy atom. The zero-order valence-corrected chi connectivity index (χ0v) is 13.1. The van der Waals surface area contributed by atoms with E-state index in [2.05, 4.69) is 10.1 Å². The van der Waals surface area contributed by atoms with Gasteiger partial charge in [0.1, 0.15) is 0 Å². The number of piperidine rings is 1. The van der Waals surface area contributed by atoms with Crippen LogP contribution in [0.5, 0.6) is 0 Å². The van der Waals surface area contributed by atoms with Gasteiger partial charge in [0.2, 0.25) is 5.91 Å². The number of hydrogen-bond donors (Lipinski definition) is 2. The summed E-state index contributed by atoms with van der Waals surface area (Å²) in [5.74, 6) is -0.809. The molecule has 2 aliphatic rings. The van der Waals surface area contributed by atoms with Crippen molar-refractivity contribution in [1.29, 1.82) is 0 Å². The van der Waals surface area contributed by atoms with Crippen LogP contribution < -0.4 is 5.32 Å². The highest BCUT2D eigenvalue weighted by Crippen LogP contribution is 2.37. The SMILES string of the molecule is COC(=O)CNCC(=O)[C@@H]1CCC2C[C@@H](CO)C(C)C(=O)N21. The molecule has 2 saturated heterocycles. The standard InChI is InChI=1S/C15H24N2O5/c1-9-10(8-18)5-11-3-4-12(17(11)15(9)21)13(19)6-16-7-14(20)22-2/h9-12,16,18H,3-8H2,1-2H3/t9?,10-,11?,12-/m0/s1. The van der Waals surface area contributed by atoms with Gasteiger partial charge >= 0.3 is 5.97 Å². The number of esters is 1. The van der Waals surface area contributed by atoms with Crippen LogP contribution >= 0.6 is 0 Å². The summed E-state index contributed by atoms with van der Waals surface area (Å²) < 4.78 is 4.50. The molecule has 2 unspecified atom stereocenters. The molecule has 22 heavy (non-hydrogen) atoms. The fourth-order valence-electron chi connectivity index (χ4n) is 3.46. The molecular weight excluding hydrogens is 288 g/mol. The van der Waals surface area contributed by atoms with Gasteiger partial charge in [-0.2, -0.15) is 0 Å². The monoisotopic (exact) mass is 312 g/mol. The van der Waals surface area contributed by atoms with E-state index in [4.69, 9.17) is 0 Å². The number of methoxy groups -OCH3 is 1. The van der Waals surface area contributed by atoms with Crippen molar-refractivity contribution in [2.24, 2.45) is 11.8 Å². The minimum atomic E-state index is -0.425. The van der Waals surface area contributed by atoms with E-state index in [-0.39, 0.29) is 49.3 Å². The minimum Gasteiger partial charge on any atom is -0.468 e. The molecule has 2 N–H and O–H groups in total. The Morgan fingerprint density at radius 3 is 2.73 bits per heavy atom. The average Bonchev–Trinajstić information content (AvgIpc) is 2.94. The molecule has 7 heteroatoms. The zero-order valence-electron chi connectivity index (χ0n) is 13.1. The number of hydrogen-bond acceptors (Lipinski definition) is 6. The van der Waals surface area contributed by atoms with Gasteiger partial charge in [0, 0.05) is 18.6 Å². The van der Waals surface area contributed by atoms with Gasteiger partial charge in [-0.3, -0.25) is 19.7 Å². The molecule has 0 bridgehead atoms. The highest BCUT2D eigenvalue weighted by Gasteiger charge is 2.47. The van der Waals surface area contributed by atoms with E-state index in [1.54, 1.807) is 4.90 Å². The first-order chi connectivity index (χ1) is 10.5. The van der Waals surface area contributed by atoms with Crippen LogP contribution in [0.3, 0.4) is 0 Å². The molecule has 0 spiro atoms. The highest BCUT2D eigenvalue weighted by molar-refractivity contribution is 5.92. The maximum Gasteiger partial charge on any atom is 0.319 e. The van der Waals surface area contributed by atoms with Crippen molar-refractivity contribution in [1.82, 2.24) is 10.2 Å². The van der Waals surface area contributed by atoms with Crippen molar-refractivity contribution in [2.45, 2.75) is 38.3 Å². The molecule has 2 fully saturated rings. The van der Waals surface area contributed by atoms with Gasteiger partial charge in [0.15, 0.2) is 5.78 Å². The molecule has 2 aliphatic heterocycles. The molecule has 0 aliphatic carbocycles. The molecular formula is C15H24N2O5. The van der Waals surface area contributed by atoms with E-state index < -0.39 is 12.0 Å². The normalized spacial score (nSPS) is 31.0. The van der Waals surface area contributed by atoms with E-state index in [0.29, 0.717) is 6.42 Å². The van der Waals surface area contributed by atoms with Crippen molar-refractivity contribution < 1.29 is 24.2 Å². The first-order valence-electron chi connectivity index (χ1n) is 7.72. The summed E-state index contributed by atoms with van der Waals surface area (Å²) in [5.41, 5.74) is 0. The Labute approximate surface area is 130 Å². The van der Waals surface area contributed by atoms with Gasteiger partial charge in [0.25, 0.3) is 0 Å². The number of aliphatic hydroxyl groups is 1. The largest absolute Gasteiger partial charge is 0.468 e. The summed E-state index contributed by atoms with van der Waals surface area (Å²) in [4.78, 5) is 37.5. The fraction of sp³-hybridized carbons (Fsp3) is 0.800. The van der Waals surface area contributed by atoms with Crippen LogP contribution in [0.15, 0.2) is 0 Å². The molecule has 2 heterocycles. The molecule has 0 radical (unpaired) electrons. The molecule has 0 saturated carbocycles. The lowest BCUT2D eigenvalue weighted by atomic mass is 9.83. The van der Waals surface area contributed by atoms with Crippen molar-refractivity contribution in [3.63, 3.8) is 0 Å². The molecule has 2 rings (SSSR count). The van der Waals surface area contributed by atoms with Crippen LogP contribution in [0.25, 0.3) is 0 Å². The smallest absolute Gasteiger partial charge is 0.319 e. The number of ketones is 1. The number of fused-ring (bicyclic) bond motifs is 1. The summed E-state index contributed by atoms with van der Waals surface area (Å²) >= 11 is 0. The number of nitrogens with one attached hydrogen (secondary N) is 1. The summed E-state index contributed by atoms with van der Waals surface area (Å²) in [6.07, 6.45) is 2.20. The Morgan fingerprint density at radius 2 is 2.09 bits per heavy atom. The van der Waals surface area contributed by atoms with Crippen molar-refractivity contribution in [2.75, 3.05) is 26.8 Å². The van der Waals surface area contributed by atoms with E-state index in [1.807, 2.05) is 6.92 Å². The Kier molecular flexibility index (Phi) is 5.52. The second-order valence-corrected chi connectivity index (χ2v) is 6.11. The molecule has 124 valence electrons. The van der Waals surface area contributed by atoms with E-state index in [0.717, 1.165) is 12.8 Å². The number of carbonyl (C=O) groups excluding carboxylic acids is 3. The average molecular weight is 312 g/mol. The number of rotatable bonds is 6. The Balaban J connectivity index is 1.94. The second kappa shape index (κ2) is 7.19. The number of nitrogens with zero attached hydrogens (tertiary/aromatic N) is 1. The van der Waals surface area contributed by atoms with Crippen LogP contribution in [-0.2, 0) is 19.1 Å². The van der Waals surface area contributed by atoms with Crippen LogP contribution in [0, 0.1) is 11.8 Å². The topological polar surface area (TPSA) is 95.9 Å². The maximum atomic E-state index is 12.5. The maximum absolute atomic E-state index is 12.5. The van der Waals surface area contributed by atoms with E-state index >= 15 is 0 Å². The minimum absolute atomic E-state index is 0.0105. The van der Waals surface area contributed by atoms with Crippen LogP contribution in [-0.4, -0.2) is 66.6 Å². The summed E-state index contributed by atoms with van der Waals surface area (Å²) in [6.45, 7) is 1.86. The number of carbonyl (C=O) groups is 3. The Hall–Kier alpha value is -1.47. The number of amides is 1. The van der Waals surface area contributed by atoms with Crippen molar-refractivity contribution >= 4 is 17.7 Å². The molecule has 0 aromatic rings. The fourth-order valence-corrected chi connectivity index (χ4v) is 3.46. The molecule has 4 atom stereocenters. The highest BCUT2D eigenvalue weighted by atomic mass is 16.5. The third-order valence-electron chi connectivity index (χ3n) is 4.83. The van der Waals surface area contributed by atoms with Gasteiger partial charge in [-0.1, -0.05) is 6.92 Å². The molecule has 7 nitrogen and oxygen atoms in total. The van der Waals surface area contributed by atoms with Crippen molar-refractivity contribution in [3.05, 3.63) is 0 Å². The molecule has 0 aromatic carbocycles. The summed E-state index contributed by atoms with van der Waals surface area (Å²) in [5, 5.41) is 12.1. The van der Waals surface area contributed by atoms with Gasteiger partial charge < -0.3 is 14.7 Å². The lowest BCUT2D eigenvalue weighted by Crippen LogP contribution is -2.54. The predicted octanol–water partition coefficient (Wildman–Crippen LogP) is -0.674. The molecule has 1 amide bonds. The first kappa shape index (κ1) is 16.9. The second-order valence-electron chi connectivity index (χ2n) is 6.11. The number of aliphatic hydroxyl groups excluding tert-OH is 1. The molecule has 0 aromatic heterocycles. The predicted molar refractivity (Wildman–Crippen MR) is 77.9 cm³/mol. The van der Waals surface area contributed by atoms with Crippen LogP contribution in [0.2, 0.25) is 0 Å². The third-order valence-corrected chi connectivity index (χ3v) is 4.83. The first-order valence-corrected chi connectivity index (χ1v) is 7.72. The van der Waals surface area contributed by atoms with Gasteiger partial charge in [-0.25, -0.2) is 0 Å². The Bertz CT molecular complexity index is 453. The van der Waals surface area contributed by atoms with Gasteiger partial charge in [-0.05, 0) is 25.2 Å². The summed E-state index contributed by atoms with van der Waals surface area (Å²) in [7, 11) is 1.29. The van der Waals surface area contributed by atoms with Crippen LogP contribution in [0.4, 0.5) is 0 Å².